The van der Waals surface area contributed by atoms with Gasteiger partial charge in [0.1, 0.15) is 0 Å². The lowest BCUT2D eigenvalue weighted by Gasteiger charge is -2.05. The number of hydrogen-bond donors (Lipinski definition) is 1. The lowest BCUT2D eigenvalue weighted by Crippen LogP contribution is -1.90. The van der Waals surface area contributed by atoms with E-state index in [0.717, 1.165) is 16.9 Å². The highest BCUT2D eigenvalue weighted by Crippen LogP contribution is 2.47. The van der Waals surface area contributed by atoms with Crippen molar-refractivity contribution in [1.82, 2.24) is 0 Å². The van der Waals surface area contributed by atoms with E-state index in [1.807, 2.05) is 20.8 Å². The van der Waals surface area contributed by atoms with Crippen LogP contribution < -0.4 is 9.78 Å². The molecule has 13 heavy (non-hydrogen) atoms. The third-order valence-electron chi connectivity index (χ3n) is 2.24. The van der Waals surface area contributed by atoms with Gasteiger partial charge in [0.05, 0.1) is 5.56 Å². The summed E-state index contributed by atoms with van der Waals surface area (Å²) in [6.45, 7) is 5.90. The quantitative estimate of drug-likeness (QED) is 0.675. The van der Waals surface area contributed by atoms with E-state index in [2.05, 4.69) is 0 Å². The minimum atomic E-state index is 0.185. The molecule has 0 aliphatic carbocycles. The van der Waals surface area contributed by atoms with Crippen LogP contribution in [0, 0.1) is 6.92 Å². The second kappa shape index (κ2) is 2.55. The van der Waals surface area contributed by atoms with E-state index in [4.69, 9.17) is 9.78 Å². The zero-order valence-corrected chi connectivity index (χ0v) is 7.92. The Hall–Kier alpha value is -1.38. The summed E-state index contributed by atoms with van der Waals surface area (Å²) in [6, 6.07) is 1.79. The second-order valence-electron chi connectivity index (χ2n) is 3.60. The molecule has 0 aromatic heterocycles. The molecule has 1 aromatic rings. The van der Waals surface area contributed by atoms with Crippen molar-refractivity contribution in [2.24, 2.45) is 0 Å². The molecule has 3 nitrogen and oxygen atoms in total. The molecule has 0 saturated heterocycles. The van der Waals surface area contributed by atoms with Gasteiger partial charge in [-0.25, -0.2) is 0 Å². The van der Waals surface area contributed by atoms with Crippen LogP contribution in [0.3, 0.4) is 0 Å². The largest absolute Gasteiger partial charge is 0.504 e. The highest BCUT2D eigenvalue weighted by molar-refractivity contribution is 5.60. The average molecular weight is 180 g/mol. The molecule has 3 heteroatoms. The maximum atomic E-state index is 9.66. The Bertz CT molecular complexity index is 356. The Morgan fingerprint density at radius 3 is 2.62 bits per heavy atom. The van der Waals surface area contributed by atoms with Gasteiger partial charge in [-0.3, -0.25) is 9.78 Å². The molecule has 0 saturated carbocycles. The molecule has 0 unspecified atom stereocenters. The summed E-state index contributed by atoms with van der Waals surface area (Å²) in [6.07, 6.45) is 0. The zero-order valence-electron chi connectivity index (χ0n) is 7.92. The van der Waals surface area contributed by atoms with Gasteiger partial charge in [0, 0.05) is 0 Å². The van der Waals surface area contributed by atoms with Crippen LogP contribution in [0.25, 0.3) is 0 Å². The third-order valence-corrected chi connectivity index (χ3v) is 2.24. The molecule has 70 valence electrons. The topological polar surface area (TPSA) is 38.7 Å². The van der Waals surface area contributed by atoms with E-state index in [9.17, 15) is 5.11 Å². The van der Waals surface area contributed by atoms with Gasteiger partial charge in [-0.15, -0.1) is 0 Å². The monoisotopic (exact) mass is 180 g/mol. The number of phenols is 1. The Labute approximate surface area is 76.8 Å². The zero-order chi connectivity index (χ0) is 9.59. The van der Waals surface area contributed by atoms with Crippen LogP contribution in [0.15, 0.2) is 6.07 Å². The number of rotatable bonds is 1. The van der Waals surface area contributed by atoms with Gasteiger partial charge >= 0.3 is 0 Å². The third kappa shape index (κ3) is 1.03. The van der Waals surface area contributed by atoms with Crippen molar-refractivity contribution in [3.8, 4) is 17.2 Å². The van der Waals surface area contributed by atoms with Crippen molar-refractivity contribution < 1.29 is 14.9 Å². The molecule has 1 heterocycles. The molecule has 1 aliphatic heterocycles. The molecule has 2 bridgehead atoms. The fourth-order valence-corrected chi connectivity index (χ4v) is 1.55. The summed E-state index contributed by atoms with van der Waals surface area (Å²) < 4.78 is 0. The fourth-order valence-electron chi connectivity index (χ4n) is 1.55. The molecular weight excluding hydrogens is 168 g/mol. The first-order valence-corrected chi connectivity index (χ1v) is 4.32. The van der Waals surface area contributed by atoms with Crippen molar-refractivity contribution in [2.45, 2.75) is 26.7 Å². The summed E-state index contributed by atoms with van der Waals surface area (Å²) in [5.41, 5.74) is 1.73. The first kappa shape index (κ1) is 8.23. The minimum Gasteiger partial charge on any atom is -0.504 e. The van der Waals surface area contributed by atoms with E-state index in [1.54, 1.807) is 6.07 Å². The lowest BCUT2D eigenvalue weighted by atomic mass is 9.99. The van der Waals surface area contributed by atoms with Crippen molar-refractivity contribution in [1.29, 1.82) is 0 Å². The molecule has 0 fully saturated rings. The van der Waals surface area contributed by atoms with Gasteiger partial charge in [0.25, 0.3) is 0 Å². The Morgan fingerprint density at radius 1 is 1.31 bits per heavy atom. The van der Waals surface area contributed by atoms with Crippen LogP contribution in [0.5, 0.6) is 17.2 Å². The Balaban J connectivity index is 2.67. The summed E-state index contributed by atoms with van der Waals surface area (Å²) in [5, 5.41) is 9.66. The predicted molar refractivity (Wildman–Crippen MR) is 48.2 cm³/mol. The Kier molecular flexibility index (Phi) is 1.62. The minimum absolute atomic E-state index is 0.185. The molecule has 0 spiro atoms. The van der Waals surface area contributed by atoms with Gasteiger partial charge < -0.3 is 5.11 Å². The number of aromatic hydroxyl groups is 1. The van der Waals surface area contributed by atoms with Crippen LogP contribution in [0.1, 0.15) is 30.9 Å². The summed E-state index contributed by atoms with van der Waals surface area (Å²) in [4.78, 5) is 9.91. The van der Waals surface area contributed by atoms with Gasteiger partial charge in [-0.2, -0.15) is 0 Å². The normalized spacial score (nSPS) is 12.9. The first-order chi connectivity index (χ1) is 6.11. The number of phenolic OH excluding ortho intramolecular Hbond substituents is 1. The van der Waals surface area contributed by atoms with E-state index < -0.39 is 0 Å². The molecule has 0 atom stereocenters. The number of hydrogen-bond acceptors (Lipinski definition) is 3. The van der Waals surface area contributed by atoms with Crippen LogP contribution in [0.4, 0.5) is 0 Å². The van der Waals surface area contributed by atoms with Crippen LogP contribution in [-0.4, -0.2) is 5.11 Å². The van der Waals surface area contributed by atoms with E-state index >= 15 is 0 Å². The fraction of sp³-hybridized carbons (Fsp3) is 0.400. The second-order valence-corrected chi connectivity index (χ2v) is 3.60. The summed E-state index contributed by atoms with van der Waals surface area (Å²) >= 11 is 0. The van der Waals surface area contributed by atoms with Gasteiger partial charge in [0.15, 0.2) is 11.5 Å². The van der Waals surface area contributed by atoms with Crippen molar-refractivity contribution in [2.75, 3.05) is 0 Å². The standard InChI is InChI=1S/C10H12O3/c1-5(2)8-7-4-6(3)9(11)10(8)13-12-7/h4-5,11H,1-3H3. The number of aryl methyl sites for hydroxylation is 1. The number of fused-ring (bicyclic) bond motifs is 2. The lowest BCUT2D eigenvalue weighted by molar-refractivity contribution is -0.0860. The molecular formula is C10H12O3. The van der Waals surface area contributed by atoms with E-state index in [0.29, 0.717) is 11.7 Å². The average Bonchev–Trinajstić information content (AvgIpc) is 2.40. The van der Waals surface area contributed by atoms with Gasteiger partial charge in [-0.1, -0.05) is 13.8 Å². The number of benzene rings is 1. The predicted octanol–water partition coefficient (Wildman–Crippen LogP) is 2.51. The molecule has 1 N–H and O–H groups in total. The summed E-state index contributed by atoms with van der Waals surface area (Å²) in [7, 11) is 0. The van der Waals surface area contributed by atoms with Crippen molar-refractivity contribution in [3.63, 3.8) is 0 Å². The van der Waals surface area contributed by atoms with E-state index in [-0.39, 0.29) is 5.75 Å². The highest BCUT2D eigenvalue weighted by Gasteiger charge is 2.28. The van der Waals surface area contributed by atoms with Crippen LogP contribution in [-0.2, 0) is 0 Å². The molecule has 1 aromatic carbocycles. The molecule has 0 amide bonds. The summed E-state index contributed by atoms with van der Waals surface area (Å²) in [5.74, 6) is 1.68. The van der Waals surface area contributed by atoms with Gasteiger partial charge in [0.2, 0.25) is 5.75 Å². The molecule has 0 radical (unpaired) electrons. The van der Waals surface area contributed by atoms with Crippen molar-refractivity contribution in [3.05, 3.63) is 17.2 Å². The maximum Gasteiger partial charge on any atom is 0.227 e. The van der Waals surface area contributed by atoms with E-state index in [1.165, 1.54) is 0 Å². The highest BCUT2D eigenvalue weighted by atomic mass is 17.2. The van der Waals surface area contributed by atoms with Gasteiger partial charge in [-0.05, 0) is 24.5 Å². The molecule has 1 aliphatic rings. The molecule has 2 rings (SSSR count). The van der Waals surface area contributed by atoms with Crippen LogP contribution in [0.2, 0.25) is 0 Å². The maximum absolute atomic E-state index is 9.66. The first-order valence-electron chi connectivity index (χ1n) is 4.32. The SMILES string of the molecule is Cc1cc2c(C(C)C)c(c1O)OO2. The Morgan fingerprint density at radius 2 is 2.00 bits per heavy atom. The van der Waals surface area contributed by atoms with Crippen molar-refractivity contribution >= 4 is 0 Å². The van der Waals surface area contributed by atoms with Crippen LogP contribution >= 0.6 is 0 Å². The smallest absolute Gasteiger partial charge is 0.227 e.